The van der Waals surface area contributed by atoms with Gasteiger partial charge in [-0.2, -0.15) is 0 Å². The van der Waals surface area contributed by atoms with E-state index in [4.69, 9.17) is 0 Å². The summed E-state index contributed by atoms with van der Waals surface area (Å²) in [5.74, 6) is 0. The van der Waals surface area contributed by atoms with Crippen LogP contribution in [0.5, 0.6) is 0 Å². The average Bonchev–Trinajstić information content (AvgIpc) is 3.29. The summed E-state index contributed by atoms with van der Waals surface area (Å²) in [4.78, 5) is 0. The van der Waals surface area contributed by atoms with Gasteiger partial charge in [0, 0.05) is 5.16 Å². The highest BCUT2D eigenvalue weighted by atomic mass is 31.1. The zero-order chi connectivity index (χ0) is 19.7. The highest BCUT2D eigenvalue weighted by molar-refractivity contribution is 7.64. The second-order valence-corrected chi connectivity index (χ2v) is 12.4. The minimum atomic E-state index is -0.0311. The van der Waals surface area contributed by atoms with E-state index in [1.807, 2.05) is 10.9 Å². The molecule has 1 unspecified atom stereocenters. The summed E-state index contributed by atoms with van der Waals surface area (Å²) in [5, 5.41) is 2.50. The molecule has 3 aliphatic rings. The van der Waals surface area contributed by atoms with Crippen molar-refractivity contribution in [2.24, 2.45) is 0 Å². The highest BCUT2D eigenvalue weighted by Gasteiger charge is 2.46. The average molecular weight is 401 g/mol. The number of allylic oxidation sites excluding steroid dienone is 6. The second-order valence-electron chi connectivity index (χ2n) is 9.52. The lowest BCUT2D eigenvalue weighted by atomic mass is 9.82. The molecule has 0 spiro atoms. The lowest BCUT2D eigenvalue weighted by molar-refractivity contribution is 0.418. The Morgan fingerprint density at radius 1 is 1.00 bits per heavy atom. The van der Waals surface area contributed by atoms with Crippen molar-refractivity contribution in [1.29, 1.82) is 0 Å². The molecule has 0 aromatic heterocycles. The standard InChI is InChI=1S/C27H45P/c1-3-5-9-19-25(18-6-4-2)28(26-20-10-7-11-21-26)27(22-14-8-15-23-27)24-16-12-13-17-24/h12-13,16,19,26H,3-11,14-15,17-18,20-23H2,1-2H3. The van der Waals surface area contributed by atoms with Crippen LogP contribution in [0.15, 0.2) is 35.2 Å². The van der Waals surface area contributed by atoms with Gasteiger partial charge in [-0.1, -0.05) is 109 Å². The molecule has 3 rings (SSSR count). The van der Waals surface area contributed by atoms with E-state index in [1.165, 1.54) is 109 Å². The number of hydrogen-bond acceptors (Lipinski definition) is 0. The zero-order valence-corrected chi connectivity index (χ0v) is 19.7. The summed E-state index contributed by atoms with van der Waals surface area (Å²) in [5.41, 5.74) is 2.84. The van der Waals surface area contributed by atoms with Gasteiger partial charge in [-0.25, -0.2) is 0 Å². The van der Waals surface area contributed by atoms with Crippen LogP contribution in [0.2, 0.25) is 0 Å². The van der Waals surface area contributed by atoms with Gasteiger partial charge in [0.05, 0.1) is 0 Å². The minimum absolute atomic E-state index is 0.0311. The fourth-order valence-corrected chi connectivity index (χ4v) is 10.6. The summed E-state index contributed by atoms with van der Waals surface area (Å²) in [7, 11) is -0.0311. The molecule has 0 aliphatic heterocycles. The first-order chi connectivity index (χ1) is 13.8. The summed E-state index contributed by atoms with van der Waals surface area (Å²) in [6.07, 6.45) is 34.5. The molecule has 28 heavy (non-hydrogen) atoms. The summed E-state index contributed by atoms with van der Waals surface area (Å²) < 4.78 is 0. The summed E-state index contributed by atoms with van der Waals surface area (Å²) >= 11 is 0. The third kappa shape index (κ3) is 5.41. The summed E-state index contributed by atoms with van der Waals surface area (Å²) in [6.45, 7) is 4.73. The van der Waals surface area contributed by atoms with Crippen LogP contribution in [0.25, 0.3) is 0 Å². The van der Waals surface area contributed by atoms with E-state index in [2.05, 4.69) is 38.2 Å². The Hall–Kier alpha value is -0.350. The van der Waals surface area contributed by atoms with Crippen molar-refractivity contribution in [3.63, 3.8) is 0 Å². The quantitative estimate of drug-likeness (QED) is 0.253. The third-order valence-corrected chi connectivity index (χ3v) is 11.4. The molecule has 2 saturated carbocycles. The molecule has 0 heterocycles. The monoisotopic (exact) mass is 400 g/mol. The zero-order valence-electron chi connectivity index (χ0n) is 18.9. The first-order valence-corrected chi connectivity index (χ1v) is 14.1. The number of rotatable bonds is 10. The van der Waals surface area contributed by atoms with Gasteiger partial charge in [-0.05, 0) is 62.3 Å². The van der Waals surface area contributed by atoms with Gasteiger partial charge in [-0.15, -0.1) is 0 Å². The normalized spacial score (nSPS) is 24.4. The Morgan fingerprint density at radius 3 is 2.36 bits per heavy atom. The van der Waals surface area contributed by atoms with Gasteiger partial charge in [0.15, 0.2) is 0 Å². The van der Waals surface area contributed by atoms with Crippen molar-refractivity contribution in [1.82, 2.24) is 0 Å². The van der Waals surface area contributed by atoms with Crippen molar-refractivity contribution in [3.05, 3.63) is 35.2 Å². The van der Waals surface area contributed by atoms with Crippen LogP contribution in [-0.2, 0) is 0 Å². The van der Waals surface area contributed by atoms with Crippen LogP contribution in [0.1, 0.15) is 123 Å². The number of hydrogen-bond donors (Lipinski definition) is 0. The van der Waals surface area contributed by atoms with Crippen molar-refractivity contribution in [2.45, 2.75) is 134 Å². The van der Waals surface area contributed by atoms with Gasteiger partial charge in [0.25, 0.3) is 0 Å². The third-order valence-electron chi connectivity index (χ3n) is 7.48. The van der Waals surface area contributed by atoms with Crippen molar-refractivity contribution in [2.75, 3.05) is 0 Å². The number of unbranched alkanes of at least 4 members (excludes halogenated alkanes) is 3. The van der Waals surface area contributed by atoms with E-state index in [9.17, 15) is 0 Å². The highest BCUT2D eigenvalue weighted by Crippen LogP contribution is 2.71. The fraction of sp³-hybridized carbons (Fsp3) is 0.778. The predicted molar refractivity (Wildman–Crippen MR) is 129 cm³/mol. The molecule has 1 atom stereocenters. The topological polar surface area (TPSA) is 0 Å². The molecule has 0 aromatic rings. The van der Waals surface area contributed by atoms with Crippen LogP contribution >= 0.6 is 7.92 Å². The summed E-state index contributed by atoms with van der Waals surface area (Å²) in [6, 6.07) is 0. The molecule has 0 aromatic carbocycles. The van der Waals surface area contributed by atoms with Gasteiger partial charge >= 0.3 is 0 Å². The molecule has 0 amide bonds. The van der Waals surface area contributed by atoms with Crippen LogP contribution in [0.3, 0.4) is 0 Å². The van der Waals surface area contributed by atoms with Gasteiger partial charge < -0.3 is 0 Å². The lowest BCUT2D eigenvalue weighted by Gasteiger charge is -2.51. The molecular weight excluding hydrogens is 355 g/mol. The van der Waals surface area contributed by atoms with E-state index in [-0.39, 0.29) is 7.92 Å². The van der Waals surface area contributed by atoms with Crippen molar-refractivity contribution < 1.29 is 0 Å². The first kappa shape index (κ1) is 22.3. The van der Waals surface area contributed by atoms with Crippen molar-refractivity contribution in [3.8, 4) is 0 Å². The Labute approximate surface area is 177 Å². The van der Waals surface area contributed by atoms with E-state index < -0.39 is 0 Å². The van der Waals surface area contributed by atoms with Gasteiger partial charge in [0.2, 0.25) is 0 Å². The molecule has 158 valence electrons. The molecule has 0 nitrogen and oxygen atoms in total. The van der Waals surface area contributed by atoms with E-state index in [0.717, 1.165) is 5.66 Å². The maximum Gasteiger partial charge on any atom is 0.0159 e. The van der Waals surface area contributed by atoms with E-state index in [0.29, 0.717) is 5.16 Å². The van der Waals surface area contributed by atoms with Crippen LogP contribution in [-0.4, -0.2) is 10.8 Å². The maximum absolute atomic E-state index is 2.78. The molecular formula is C27H45P. The van der Waals surface area contributed by atoms with Gasteiger partial charge in [-0.3, -0.25) is 0 Å². The smallest absolute Gasteiger partial charge is 0.0159 e. The molecule has 0 saturated heterocycles. The molecule has 1 heteroatoms. The van der Waals surface area contributed by atoms with Gasteiger partial charge in [0.1, 0.15) is 0 Å². The largest absolute Gasteiger partial charge is 0.0808 e. The van der Waals surface area contributed by atoms with Crippen molar-refractivity contribution >= 4 is 7.92 Å². The minimum Gasteiger partial charge on any atom is -0.0808 e. The molecule has 0 radical (unpaired) electrons. The first-order valence-electron chi connectivity index (χ1n) is 12.7. The molecule has 0 bridgehead atoms. The molecule has 0 N–H and O–H groups in total. The fourth-order valence-electron chi connectivity index (χ4n) is 6.00. The van der Waals surface area contributed by atoms with Crippen LogP contribution in [0, 0.1) is 0 Å². The predicted octanol–water partition coefficient (Wildman–Crippen LogP) is 9.65. The van der Waals surface area contributed by atoms with Crippen LogP contribution in [0.4, 0.5) is 0 Å². The Balaban J connectivity index is 1.98. The van der Waals surface area contributed by atoms with E-state index in [1.54, 1.807) is 0 Å². The Morgan fingerprint density at radius 2 is 1.71 bits per heavy atom. The second kappa shape index (κ2) is 11.7. The van der Waals surface area contributed by atoms with Crippen LogP contribution < -0.4 is 0 Å². The maximum atomic E-state index is 2.78. The lowest BCUT2D eigenvalue weighted by Crippen LogP contribution is -2.36. The Kier molecular flexibility index (Phi) is 9.36. The molecule has 3 aliphatic carbocycles. The van der Waals surface area contributed by atoms with E-state index >= 15 is 0 Å². The SMILES string of the molecule is CCCCC=C(CCCC)P(C1CCCCC1)C1(C2=CC=CC2)CCCCC1. The molecule has 2 fully saturated rings. The Bertz CT molecular complexity index is 541.